The van der Waals surface area contributed by atoms with E-state index in [1.165, 1.54) is 23.5 Å². The van der Waals surface area contributed by atoms with Crippen LogP contribution in [-0.4, -0.2) is 44.9 Å². The molecule has 2 heterocycles. The van der Waals surface area contributed by atoms with Crippen molar-refractivity contribution in [2.24, 2.45) is 0 Å². The Balaban J connectivity index is 1.44. The van der Waals surface area contributed by atoms with Crippen molar-refractivity contribution >= 4 is 45.9 Å². The largest absolute Gasteiger partial charge is 0.462 e. The monoisotopic (exact) mass is 623 g/mol. The Kier molecular flexibility index (Phi) is 10.7. The second-order valence-electron chi connectivity index (χ2n) is 9.60. The highest BCUT2D eigenvalue weighted by molar-refractivity contribution is 7.99. The number of nitrogens with zero attached hydrogens (tertiary/aromatic N) is 3. The number of unbranched alkanes of at least 4 members (excludes halogenated alkanes) is 1. The normalized spacial score (nSPS) is 13.0. The molecule has 42 heavy (non-hydrogen) atoms. The zero-order valence-electron chi connectivity index (χ0n) is 23.3. The van der Waals surface area contributed by atoms with Gasteiger partial charge in [-0.2, -0.15) is 13.2 Å². The van der Waals surface area contributed by atoms with E-state index in [-0.39, 0.29) is 24.8 Å². The molecule has 1 aliphatic rings. The molecule has 226 valence electrons. The molecule has 2 amide bonds. The number of carbonyl (C=O) groups is 3. The van der Waals surface area contributed by atoms with Crippen molar-refractivity contribution in [3.8, 4) is 0 Å². The third-order valence-electron chi connectivity index (χ3n) is 6.65. The van der Waals surface area contributed by atoms with Gasteiger partial charge in [0.25, 0.3) is 5.91 Å². The molecule has 1 aliphatic carbocycles. The zero-order valence-corrected chi connectivity index (χ0v) is 24.9. The molecule has 0 unspecified atom stereocenters. The molecule has 3 aromatic rings. The van der Waals surface area contributed by atoms with E-state index in [0.29, 0.717) is 28.1 Å². The van der Waals surface area contributed by atoms with E-state index < -0.39 is 29.2 Å². The average molecular weight is 624 g/mol. The predicted octanol–water partition coefficient (Wildman–Crippen LogP) is 5.87. The number of benzene rings is 1. The molecule has 0 saturated carbocycles. The molecule has 0 radical (unpaired) electrons. The predicted molar refractivity (Wildman–Crippen MR) is 154 cm³/mol. The van der Waals surface area contributed by atoms with Crippen molar-refractivity contribution < 1.29 is 32.3 Å². The maximum Gasteiger partial charge on any atom is 0.417 e. The average Bonchev–Trinajstić information content (AvgIpc) is 3.53. The fourth-order valence-corrected chi connectivity index (χ4v) is 6.72. The number of thiophene rings is 1. The molecule has 9 nitrogen and oxygen atoms in total. The van der Waals surface area contributed by atoms with Gasteiger partial charge in [-0.15, -0.1) is 21.5 Å². The first-order chi connectivity index (χ1) is 20.1. The van der Waals surface area contributed by atoms with Crippen LogP contribution in [0.2, 0.25) is 0 Å². The topological polar surface area (TPSA) is 115 Å². The van der Waals surface area contributed by atoms with Crippen molar-refractivity contribution in [1.82, 2.24) is 20.1 Å². The second kappa shape index (κ2) is 14.2. The van der Waals surface area contributed by atoms with Crippen molar-refractivity contribution in [2.75, 3.05) is 17.7 Å². The number of hydrogen-bond donors (Lipinski definition) is 2. The Bertz CT molecular complexity index is 1440. The van der Waals surface area contributed by atoms with Gasteiger partial charge in [0.05, 0.1) is 35.6 Å². The summed E-state index contributed by atoms with van der Waals surface area (Å²) in [5.41, 5.74) is -0.106. The number of rotatable bonds is 12. The van der Waals surface area contributed by atoms with Crippen LogP contribution in [0.5, 0.6) is 0 Å². The number of halogens is 3. The number of esters is 1. The number of carbonyl (C=O) groups excluding carboxylic acids is 3. The number of nitrogens with one attached hydrogen (secondary N) is 2. The minimum absolute atomic E-state index is 0.0135. The maximum atomic E-state index is 13.4. The number of ether oxygens (including phenoxy) is 1. The second-order valence-corrected chi connectivity index (χ2v) is 11.7. The summed E-state index contributed by atoms with van der Waals surface area (Å²) in [7, 11) is 0. The first kappa shape index (κ1) is 31.5. The number of aromatic nitrogens is 3. The molecule has 0 bridgehead atoms. The molecule has 0 atom stereocenters. The first-order valence-corrected chi connectivity index (χ1v) is 15.5. The number of aryl methyl sites for hydroxylation is 1. The number of fused-ring (bicyclic) bond motifs is 1. The highest BCUT2D eigenvalue weighted by atomic mass is 32.2. The minimum atomic E-state index is -4.67. The molecule has 0 spiro atoms. The summed E-state index contributed by atoms with van der Waals surface area (Å²) in [4.78, 5) is 39.4. The quantitative estimate of drug-likeness (QED) is 0.191. The van der Waals surface area contributed by atoms with E-state index in [1.54, 1.807) is 11.5 Å². The van der Waals surface area contributed by atoms with Gasteiger partial charge < -0.3 is 19.9 Å². The molecular weight excluding hydrogens is 591 g/mol. The van der Waals surface area contributed by atoms with Gasteiger partial charge in [-0.25, -0.2) is 4.79 Å². The first-order valence-electron chi connectivity index (χ1n) is 13.7. The Hall–Kier alpha value is -3.39. The highest BCUT2D eigenvalue weighted by Gasteiger charge is 2.35. The van der Waals surface area contributed by atoms with Crippen LogP contribution < -0.4 is 10.6 Å². The lowest BCUT2D eigenvalue weighted by Gasteiger charge is -2.13. The number of anilines is 1. The molecule has 2 aromatic heterocycles. The molecular formula is C28H32F3N5O4S2. The number of hydrogen-bond acceptors (Lipinski definition) is 8. The van der Waals surface area contributed by atoms with Crippen molar-refractivity contribution in [3.63, 3.8) is 0 Å². The number of thioether (sulfide) groups is 1. The van der Waals surface area contributed by atoms with Gasteiger partial charge >= 0.3 is 12.1 Å². The van der Waals surface area contributed by atoms with Gasteiger partial charge in [0, 0.05) is 11.4 Å². The van der Waals surface area contributed by atoms with E-state index in [2.05, 4.69) is 20.8 Å². The molecule has 0 fully saturated rings. The van der Waals surface area contributed by atoms with Crippen LogP contribution in [-0.2, 0) is 41.6 Å². The molecule has 0 aliphatic heterocycles. The summed E-state index contributed by atoms with van der Waals surface area (Å²) in [6.45, 7) is 4.33. The van der Waals surface area contributed by atoms with Crippen LogP contribution >= 0.6 is 23.1 Å². The fraction of sp³-hybridized carbons (Fsp3) is 0.464. The zero-order chi connectivity index (χ0) is 30.3. The Labute approximate surface area is 249 Å². The maximum absolute atomic E-state index is 13.4. The van der Waals surface area contributed by atoms with Gasteiger partial charge in [0.2, 0.25) is 5.91 Å². The van der Waals surface area contributed by atoms with E-state index in [9.17, 15) is 27.6 Å². The van der Waals surface area contributed by atoms with E-state index >= 15 is 0 Å². The van der Waals surface area contributed by atoms with Gasteiger partial charge in [-0.3, -0.25) is 9.59 Å². The van der Waals surface area contributed by atoms with Crippen molar-refractivity contribution in [3.05, 3.63) is 57.2 Å². The van der Waals surface area contributed by atoms with E-state index in [4.69, 9.17) is 4.74 Å². The van der Waals surface area contributed by atoms with Crippen LogP contribution in [0.25, 0.3) is 0 Å². The third-order valence-corrected chi connectivity index (χ3v) is 8.82. The minimum Gasteiger partial charge on any atom is -0.462 e. The number of alkyl halides is 3. The fourth-order valence-electron chi connectivity index (χ4n) is 4.65. The smallest absolute Gasteiger partial charge is 0.417 e. The Morgan fingerprint density at radius 1 is 1.12 bits per heavy atom. The SMILES string of the molecule is CCCCn1c(CNC(=O)c2ccccc2C(F)(F)F)nnc1SCC(=O)Nc1sc2c(c1C(=O)OCC)CCCC2. The Morgan fingerprint density at radius 2 is 1.88 bits per heavy atom. The summed E-state index contributed by atoms with van der Waals surface area (Å²) >= 11 is 2.55. The third kappa shape index (κ3) is 7.51. The lowest BCUT2D eigenvalue weighted by atomic mass is 9.95. The van der Waals surface area contributed by atoms with Crippen molar-refractivity contribution in [1.29, 1.82) is 0 Å². The molecule has 0 saturated heterocycles. The standard InChI is InChI=1S/C28H32F3N5O4S2/c1-3-5-14-36-21(15-32-24(38)17-10-6-8-12-19(17)28(29,30)31)34-35-27(36)41-16-22(37)33-25-23(26(39)40-4-2)18-11-7-9-13-20(18)42-25/h6,8,10,12H,3-5,7,9,11,13-16H2,1-2H3,(H,32,38)(H,33,37). The van der Waals surface area contributed by atoms with Crippen LogP contribution in [0.4, 0.5) is 18.2 Å². The van der Waals surface area contributed by atoms with Crippen LogP contribution in [0.1, 0.15) is 82.1 Å². The van der Waals surface area contributed by atoms with Crippen LogP contribution in [0.15, 0.2) is 29.4 Å². The summed E-state index contributed by atoms with van der Waals surface area (Å²) in [5.74, 6) is -1.30. The summed E-state index contributed by atoms with van der Waals surface area (Å²) in [6.07, 6.45) is 0.588. The van der Waals surface area contributed by atoms with E-state index in [1.807, 2.05) is 6.92 Å². The van der Waals surface area contributed by atoms with E-state index in [0.717, 1.165) is 72.9 Å². The lowest BCUT2D eigenvalue weighted by molar-refractivity contribution is -0.138. The molecule has 4 rings (SSSR count). The van der Waals surface area contributed by atoms with Crippen molar-refractivity contribution in [2.45, 2.75) is 76.8 Å². The van der Waals surface area contributed by atoms with Gasteiger partial charge in [0.1, 0.15) is 5.00 Å². The highest BCUT2D eigenvalue weighted by Crippen LogP contribution is 2.39. The lowest BCUT2D eigenvalue weighted by Crippen LogP contribution is -2.27. The number of amides is 2. The summed E-state index contributed by atoms with van der Waals surface area (Å²) < 4.78 is 47.1. The summed E-state index contributed by atoms with van der Waals surface area (Å²) in [5, 5.41) is 14.6. The summed E-state index contributed by atoms with van der Waals surface area (Å²) in [6, 6.07) is 4.58. The van der Waals surface area contributed by atoms with Gasteiger partial charge in [-0.05, 0) is 56.7 Å². The van der Waals surface area contributed by atoms with Gasteiger partial charge in [-0.1, -0.05) is 37.2 Å². The van der Waals surface area contributed by atoms with Crippen LogP contribution in [0, 0.1) is 0 Å². The Morgan fingerprint density at radius 3 is 2.62 bits per heavy atom. The van der Waals surface area contributed by atoms with Gasteiger partial charge in [0.15, 0.2) is 11.0 Å². The molecule has 2 N–H and O–H groups in total. The molecule has 1 aromatic carbocycles. The van der Waals surface area contributed by atoms with Crippen LogP contribution in [0.3, 0.4) is 0 Å². The molecule has 14 heteroatoms.